The molecule has 170 valence electrons. The smallest absolute Gasteiger partial charge is 0.294 e. The van der Waals surface area contributed by atoms with Crippen LogP contribution in [0.4, 0.5) is 11.4 Å². The van der Waals surface area contributed by atoms with Crippen LogP contribution in [0.25, 0.3) is 0 Å². The number of hydrogen-bond acceptors (Lipinski definition) is 7. The predicted octanol–water partition coefficient (Wildman–Crippen LogP) is 5.96. The second kappa shape index (κ2) is 9.38. The average molecular weight is 483 g/mol. The van der Waals surface area contributed by atoms with Gasteiger partial charge in [0.1, 0.15) is 11.5 Å². The molecular weight excluding hydrogens is 460 g/mol. The van der Waals surface area contributed by atoms with Crippen LogP contribution in [0.2, 0.25) is 5.02 Å². The van der Waals surface area contributed by atoms with E-state index >= 15 is 0 Å². The third-order valence-corrected chi connectivity index (χ3v) is 7.48. The Morgan fingerprint density at radius 3 is 2.82 bits per heavy atom. The molecule has 2 heterocycles. The number of carbonyl (C=O) groups is 1. The van der Waals surface area contributed by atoms with Crippen molar-refractivity contribution < 1.29 is 9.72 Å². The van der Waals surface area contributed by atoms with E-state index in [4.69, 9.17) is 17.3 Å². The van der Waals surface area contributed by atoms with Crippen LogP contribution in [-0.2, 0) is 11.2 Å². The molecule has 2 N–H and O–H groups in total. The summed E-state index contributed by atoms with van der Waals surface area (Å²) in [6.07, 6.45) is 4.61. The molecule has 2 aliphatic rings. The standard InChI is InChI=1S/C24H23ClN4O3S/c1-2-3-5-15-9-11-21(33-15)22-16(13-26)24(27)28(18-6-4-7-20(30)23(18)22)17-10-8-14(25)12-19(17)29(31)32/h8-12,22H,2-7,27H2,1H3. The number of nitriles is 1. The van der Waals surface area contributed by atoms with Gasteiger partial charge in [-0.15, -0.1) is 11.3 Å². The minimum absolute atomic E-state index is 0.0494. The van der Waals surface area contributed by atoms with Crippen LogP contribution in [0, 0.1) is 21.4 Å². The maximum atomic E-state index is 13.2. The molecule has 9 heteroatoms. The van der Waals surface area contributed by atoms with Crippen molar-refractivity contribution in [2.75, 3.05) is 4.90 Å². The first kappa shape index (κ1) is 23.0. The van der Waals surface area contributed by atoms with Gasteiger partial charge in [-0.2, -0.15) is 5.26 Å². The number of nitro benzene ring substituents is 1. The number of benzene rings is 1. The fraction of sp³-hybridized carbons (Fsp3) is 0.333. The predicted molar refractivity (Wildman–Crippen MR) is 129 cm³/mol. The van der Waals surface area contributed by atoms with Gasteiger partial charge in [0.05, 0.1) is 22.5 Å². The highest BCUT2D eigenvalue weighted by Gasteiger charge is 2.42. The van der Waals surface area contributed by atoms with Crippen LogP contribution in [0.1, 0.15) is 54.7 Å². The average Bonchev–Trinajstić information content (AvgIpc) is 3.26. The number of allylic oxidation sites excluding steroid dienone is 3. The van der Waals surface area contributed by atoms with Gasteiger partial charge >= 0.3 is 0 Å². The van der Waals surface area contributed by atoms with E-state index in [-0.39, 0.29) is 33.6 Å². The fourth-order valence-corrected chi connectivity index (χ4v) is 5.85. The second-order valence-corrected chi connectivity index (χ2v) is 9.75. The number of aryl methyl sites for hydroxylation is 1. The van der Waals surface area contributed by atoms with E-state index in [0.29, 0.717) is 30.5 Å². The number of halogens is 1. The van der Waals surface area contributed by atoms with E-state index in [1.165, 1.54) is 21.9 Å². The molecule has 1 atom stereocenters. The highest BCUT2D eigenvalue weighted by Crippen LogP contribution is 2.49. The molecule has 2 aromatic rings. The van der Waals surface area contributed by atoms with Crippen LogP contribution < -0.4 is 10.6 Å². The number of unbranched alkanes of at least 4 members (excludes halogenated alkanes) is 1. The summed E-state index contributed by atoms with van der Waals surface area (Å²) in [4.78, 5) is 28.1. The highest BCUT2D eigenvalue weighted by molar-refractivity contribution is 7.12. The second-order valence-electron chi connectivity index (χ2n) is 8.11. The summed E-state index contributed by atoms with van der Waals surface area (Å²) in [7, 11) is 0. The van der Waals surface area contributed by atoms with Gasteiger partial charge in [-0.3, -0.25) is 19.8 Å². The van der Waals surface area contributed by atoms with E-state index in [1.807, 2.05) is 12.1 Å². The van der Waals surface area contributed by atoms with Gasteiger partial charge in [0.2, 0.25) is 0 Å². The van der Waals surface area contributed by atoms with Crippen molar-refractivity contribution in [3.05, 3.63) is 77.9 Å². The number of rotatable bonds is 6. The number of hydrogen-bond donors (Lipinski definition) is 1. The Balaban J connectivity index is 1.92. The number of ketones is 1. The molecule has 1 aromatic carbocycles. The van der Waals surface area contributed by atoms with Crippen molar-refractivity contribution in [2.24, 2.45) is 5.73 Å². The maximum absolute atomic E-state index is 13.2. The zero-order valence-electron chi connectivity index (χ0n) is 18.1. The number of nitro groups is 1. The van der Waals surface area contributed by atoms with Crippen molar-refractivity contribution in [3.63, 3.8) is 0 Å². The van der Waals surface area contributed by atoms with E-state index in [2.05, 4.69) is 13.0 Å². The van der Waals surface area contributed by atoms with E-state index < -0.39 is 10.8 Å². The lowest BCUT2D eigenvalue weighted by atomic mass is 9.78. The minimum Gasteiger partial charge on any atom is -0.384 e. The largest absolute Gasteiger partial charge is 0.384 e. The third kappa shape index (κ3) is 4.14. The molecule has 1 aliphatic heterocycles. The van der Waals surface area contributed by atoms with Crippen LogP contribution in [0.5, 0.6) is 0 Å². The molecule has 1 unspecified atom stereocenters. The number of carbonyl (C=O) groups excluding carboxylic acids is 1. The molecule has 7 nitrogen and oxygen atoms in total. The molecule has 0 saturated heterocycles. The quantitative estimate of drug-likeness (QED) is 0.401. The summed E-state index contributed by atoms with van der Waals surface area (Å²) in [6.45, 7) is 2.13. The number of nitrogens with two attached hydrogens (primary N) is 1. The molecule has 0 saturated carbocycles. The minimum atomic E-state index is -0.555. The Kier molecular flexibility index (Phi) is 6.54. The number of Topliss-reactive ketones (excluding diaryl/α,β-unsaturated/α-hetero) is 1. The van der Waals surface area contributed by atoms with Crippen molar-refractivity contribution in [3.8, 4) is 6.07 Å². The van der Waals surface area contributed by atoms with Crippen LogP contribution >= 0.6 is 22.9 Å². The molecule has 0 spiro atoms. The Morgan fingerprint density at radius 2 is 2.12 bits per heavy atom. The summed E-state index contributed by atoms with van der Waals surface area (Å²) in [5.41, 5.74) is 7.87. The summed E-state index contributed by atoms with van der Waals surface area (Å²) >= 11 is 7.60. The van der Waals surface area contributed by atoms with E-state index in [0.717, 1.165) is 24.1 Å². The highest BCUT2D eigenvalue weighted by atomic mass is 35.5. The summed E-state index contributed by atoms with van der Waals surface area (Å²) in [5.74, 6) is -0.489. The number of nitrogens with zero attached hydrogens (tertiary/aromatic N) is 3. The van der Waals surface area contributed by atoms with Gasteiger partial charge in [-0.1, -0.05) is 24.9 Å². The van der Waals surface area contributed by atoms with Gasteiger partial charge < -0.3 is 5.73 Å². The summed E-state index contributed by atoms with van der Waals surface area (Å²) in [5, 5.41) is 22.1. The lowest BCUT2D eigenvalue weighted by molar-refractivity contribution is -0.384. The van der Waals surface area contributed by atoms with Gasteiger partial charge in [-0.25, -0.2) is 0 Å². The first-order valence-electron chi connectivity index (χ1n) is 10.9. The number of anilines is 1. The maximum Gasteiger partial charge on any atom is 0.294 e. The Hall–Kier alpha value is -3.15. The molecule has 4 rings (SSSR count). The molecule has 33 heavy (non-hydrogen) atoms. The summed E-state index contributed by atoms with van der Waals surface area (Å²) in [6, 6.07) is 10.5. The van der Waals surface area contributed by atoms with Crippen molar-refractivity contribution >= 4 is 40.1 Å². The summed E-state index contributed by atoms with van der Waals surface area (Å²) < 4.78 is 0. The first-order valence-corrected chi connectivity index (χ1v) is 12.1. The van der Waals surface area contributed by atoms with Crippen LogP contribution in [-0.4, -0.2) is 10.7 Å². The third-order valence-electron chi connectivity index (χ3n) is 6.03. The zero-order valence-corrected chi connectivity index (χ0v) is 19.7. The lowest BCUT2D eigenvalue weighted by Gasteiger charge is -2.39. The molecular formula is C24H23ClN4O3S. The van der Waals surface area contributed by atoms with E-state index in [9.17, 15) is 20.2 Å². The van der Waals surface area contributed by atoms with Gasteiger partial charge in [0, 0.05) is 38.5 Å². The van der Waals surface area contributed by atoms with Gasteiger partial charge in [-0.05, 0) is 49.9 Å². The monoisotopic (exact) mass is 482 g/mol. The molecule has 0 fully saturated rings. The van der Waals surface area contributed by atoms with Crippen LogP contribution in [0.15, 0.2) is 53.0 Å². The molecule has 0 amide bonds. The van der Waals surface area contributed by atoms with Crippen molar-refractivity contribution in [1.82, 2.24) is 0 Å². The normalized spacial score (nSPS) is 18.4. The topological polar surface area (TPSA) is 113 Å². The van der Waals surface area contributed by atoms with E-state index in [1.54, 1.807) is 17.4 Å². The zero-order chi connectivity index (χ0) is 23.7. The molecule has 0 radical (unpaired) electrons. The Bertz CT molecular complexity index is 1240. The SMILES string of the molecule is CCCCc1ccc(C2C(C#N)=C(N)N(c3ccc(Cl)cc3[N+](=O)[O-])C3=C2C(=O)CCC3)s1. The van der Waals surface area contributed by atoms with Gasteiger partial charge in [0.25, 0.3) is 5.69 Å². The van der Waals surface area contributed by atoms with Crippen molar-refractivity contribution in [1.29, 1.82) is 5.26 Å². The molecule has 0 bridgehead atoms. The Labute approximate surface area is 200 Å². The Morgan fingerprint density at radius 1 is 1.33 bits per heavy atom. The van der Waals surface area contributed by atoms with Gasteiger partial charge in [0.15, 0.2) is 5.78 Å². The van der Waals surface area contributed by atoms with Crippen molar-refractivity contribution in [2.45, 2.75) is 51.4 Å². The lowest BCUT2D eigenvalue weighted by Crippen LogP contribution is -2.38. The molecule has 1 aromatic heterocycles. The fourth-order valence-electron chi connectivity index (χ4n) is 4.51. The molecule has 1 aliphatic carbocycles. The van der Waals surface area contributed by atoms with Crippen LogP contribution in [0.3, 0.4) is 0 Å². The first-order chi connectivity index (χ1) is 15.9. The number of thiophene rings is 1.